The molecule has 0 heterocycles. The van der Waals surface area contributed by atoms with Crippen molar-refractivity contribution in [3.8, 4) is 0 Å². The molecule has 0 fully saturated rings. The summed E-state index contributed by atoms with van der Waals surface area (Å²) in [5, 5.41) is 0. The molecule has 66 valence electrons. The van der Waals surface area contributed by atoms with E-state index in [1.54, 1.807) is 0 Å². The van der Waals surface area contributed by atoms with Crippen LogP contribution in [0.5, 0.6) is 0 Å². The Morgan fingerprint density at radius 2 is 0.333 bits per heavy atom. The molecule has 0 aliphatic carbocycles. The molecule has 0 aromatic carbocycles. The van der Waals surface area contributed by atoms with Crippen LogP contribution in [-0.4, -0.2) is 33.9 Å². The summed E-state index contributed by atoms with van der Waals surface area (Å²) in [6, 6.07) is 0. The molecule has 0 spiro atoms. The summed E-state index contributed by atoms with van der Waals surface area (Å²) >= 11 is 0. The van der Waals surface area contributed by atoms with Crippen molar-refractivity contribution >= 4 is 33.9 Å². The molecular weight excluding hydrogens is 252 g/mol. The second-order valence-electron chi connectivity index (χ2n) is 0. The van der Waals surface area contributed by atoms with Crippen LogP contribution in [-0.2, 0) is 58.1 Å². The van der Waals surface area contributed by atoms with Crippen LogP contribution in [0.15, 0.2) is 0 Å². The van der Waals surface area contributed by atoms with E-state index in [4.69, 9.17) is 24.0 Å². The third-order valence-electron chi connectivity index (χ3n) is 0. The molecule has 0 atom stereocenters. The van der Waals surface area contributed by atoms with Crippen molar-refractivity contribution < 1.29 is 58.1 Å². The maximum atomic E-state index is 7.50. The summed E-state index contributed by atoms with van der Waals surface area (Å²) in [4.78, 5) is 37.5. The van der Waals surface area contributed by atoms with Gasteiger partial charge < -0.3 is 0 Å². The van der Waals surface area contributed by atoms with Gasteiger partial charge in [0.25, 0.3) is 33.9 Å². The summed E-state index contributed by atoms with van der Waals surface area (Å²) in [6.45, 7) is 22.5. The monoisotopic (exact) mass is 252 g/mol. The van der Waals surface area contributed by atoms with E-state index in [2.05, 4.69) is 33.9 Å². The van der Waals surface area contributed by atoms with Gasteiger partial charge in [0.2, 0.25) is 0 Å². The van der Waals surface area contributed by atoms with Crippen LogP contribution in [0.25, 0.3) is 0 Å². The molecule has 0 aromatic rings. The van der Waals surface area contributed by atoms with Crippen LogP contribution < -0.4 is 0 Å². The van der Waals surface area contributed by atoms with Crippen molar-refractivity contribution in [2.24, 2.45) is 0 Å². The smallest absolute Gasteiger partial charge is 0.281 e. The van der Waals surface area contributed by atoms with Crippen molar-refractivity contribution in [1.82, 2.24) is 0 Å². The van der Waals surface area contributed by atoms with E-state index in [1.807, 2.05) is 0 Å². The average Bonchev–Trinajstić information content (AvgIpc) is 2.20. The molecular formula is C5Fe2O5. The number of rotatable bonds is 0. The molecule has 0 aliphatic heterocycles. The molecule has 0 saturated heterocycles. The van der Waals surface area contributed by atoms with Crippen molar-refractivity contribution in [3.63, 3.8) is 0 Å². The van der Waals surface area contributed by atoms with E-state index in [0.29, 0.717) is 0 Å². The van der Waals surface area contributed by atoms with Gasteiger partial charge in [-0.25, -0.2) is 0 Å². The zero-order chi connectivity index (χ0) is 10.0. The fraction of sp³-hybridized carbons (Fsp3) is 0. The van der Waals surface area contributed by atoms with Gasteiger partial charge in [-0.3, -0.25) is 24.0 Å². The zero-order valence-electron chi connectivity index (χ0n) is 5.25. The predicted octanol–water partition coefficient (Wildman–Crippen LogP) is -1.99. The van der Waals surface area contributed by atoms with Crippen molar-refractivity contribution in [2.75, 3.05) is 0 Å². The molecule has 0 amide bonds. The molecule has 0 unspecified atom stereocenters. The average molecular weight is 252 g/mol. The normalized spacial score (nSPS) is 1.67. The zero-order valence-corrected chi connectivity index (χ0v) is 7.46. The quantitative estimate of drug-likeness (QED) is 0.466. The molecule has 0 saturated carbocycles. The second kappa shape index (κ2) is 2450. The summed E-state index contributed by atoms with van der Waals surface area (Å²) < 4.78 is 0. The van der Waals surface area contributed by atoms with Crippen LogP contribution in [0.3, 0.4) is 0 Å². The Morgan fingerprint density at radius 1 is 0.333 bits per heavy atom. The van der Waals surface area contributed by atoms with Crippen LogP contribution in [0.1, 0.15) is 0 Å². The number of carbonyl (C=O) groups excluding carboxylic acids is 5. The Kier molecular flexibility index (Phi) is 13000. The first kappa shape index (κ1) is 63.8. The number of hydrogen-bond donors (Lipinski definition) is 0. The van der Waals surface area contributed by atoms with Crippen molar-refractivity contribution in [1.29, 1.82) is 0 Å². The van der Waals surface area contributed by atoms with Gasteiger partial charge in [-0.05, 0) is 0 Å². The Labute approximate surface area is 92.2 Å². The first-order valence-electron chi connectivity index (χ1n) is 1.02. The molecule has 5 nitrogen and oxygen atoms in total. The van der Waals surface area contributed by atoms with Gasteiger partial charge in [0, 0.05) is 34.1 Å². The Morgan fingerprint density at radius 3 is 0.333 bits per heavy atom. The van der Waals surface area contributed by atoms with Gasteiger partial charge in [0.05, 0.1) is 0 Å². The summed E-state index contributed by atoms with van der Waals surface area (Å²) in [7, 11) is 0. The van der Waals surface area contributed by atoms with E-state index in [-0.39, 0.29) is 34.1 Å². The van der Waals surface area contributed by atoms with Gasteiger partial charge >= 0.3 is 0 Å². The molecule has 12 heavy (non-hydrogen) atoms. The molecule has 10 radical (unpaired) electrons. The van der Waals surface area contributed by atoms with E-state index in [9.17, 15) is 0 Å². The summed E-state index contributed by atoms with van der Waals surface area (Å²) in [5.41, 5.74) is 0. The topological polar surface area (TPSA) is 85.3 Å². The van der Waals surface area contributed by atoms with E-state index in [1.165, 1.54) is 0 Å². The van der Waals surface area contributed by atoms with Crippen LogP contribution in [0.4, 0.5) is 0 Å². The minimum atomic E-state index is 0. The Hall–Kier alpha value is -0.611. The molecule has 0 rings (SSSR count). The van der Waals surface area contributed by atoms with Gasteiger partial charge in [0.1, 0.15) is 0 Å². The largest absolute Gasteiger partial charge is 0.281 e. The summed E-state index contributed by atoms with van der Waals surface area (Å²) in [5.74, 6) is 0. The Balaban J connectivity index is -0.00000000500. The fourth-order valence-corrected chi connectivity index (χ4v) is 0. The van der Waals surface area contributed by atoms with Gasteiger partial charge in [0.15, 0.2) is 0 Å². The van der Waals surface area contributed by atoms with Gasteiger partial charge in [-0.2, -0.15) is 0 Å². The first-order valence-corrected chi connectivity index (χ1v) is 1.02. The number of hydrogen-bond acceptors (Lipinski definition) is 5. The van der Waals surface area contributed by atoms with E-state index in [0.717, 1.165) is 0 Å². The van der Waals surface area contributed by atoms with Crippen molar-refractivity contribution in [3.05, 3.63) is 0 Å². The van der Waals surface area contributed by atoms with Crippen LogP contribution >= 0.6 is 0 Å². The maximum Gasteiger partial charge on any atom is 0.281 e. The second-order valence-corrected chi connectivity index (χ2v) is 0. The third-order valence-corrected chi connectivity index (χ3v) is 0. The fourth-order valence-electron chi connectivity index (χ4n) is 0. The molecule has 0 bridgehead atoms. The Bertz CT molecular complexity index is 29.4. The van der Waals surface area contributed by atoms with Crippen molar-refractivity contribution in [2.45, 2.75) is 0 Å². The standard InChI is InChI=1S/5CO.2Fe/c5*1-2;;. The molecule has 0 N–H and O–H groups in total. The SMILES string of the molecule is [C]=O.[C]=O.[C]=O.[C]=O.[C]=O.[Fe].[Fe]. The first-order chi connectivity index (χ1) is 5.00. The minimum Gasteiger partial charge on any atom is -0.281 e. The van der Waals surface area contributed by atoms with E-state index >= 15 is 0 Å². The maximum absolute atomic E-state index is 7.50. The molecule has 0 aromatic heterocycles. The summed E-state index contributed by atoms with van der Waals surface area (Å²) in [6.07, 6.45) is 0. The molecule has 7 heteroatoms. The third kappa shape index (κ3) is 1770. The van der Waals surface area contributed by atoms with Crippen LogP contribution in [0, 0.1) is 0 Å². The predicted molar refractivity (Wildman–Crippen MR) is 28.5 cm³/mol. The van der Waals surface area contributed by atoms with Gasteiger partial charge in [-0.1, -0.05) is 0 Å². The van der Waals surface area contributed by atoms with E-state index < -0.39 is 0 Å². The van der Waals surface area contributed by atoms with Crippen LogP contribution in [0.2, 0.25) is 0 Å². The van der Waals surface area contributed by atoms with Gasteiger partial charge in [-0.15, -0.1) is 0 Å². The minimum absolute atomic E-state index is 0. The molecule has 0 aliphatic rings.